The smallest absolute Gasteiger partial charge is 0.270 e. The molecule has 1 aromatic heterocycles. The molecule has 0 radical (unpaired) electrons. The highest BCUT2D eigenvalue weighted by molar-refractivity contribution is 5.98. The molecule has 1 amide bonds. The Morgan fingerprint density at radius 2 is 2.00 bits per heavy atom. The summed E-state index contributed by atoms with van der Waals surface area (Å²) in [4.78, 5) is 18.5. The summed E-state index contributed by atoms with van der Waals surface area (Å²) in [6.07, 6.45) is 3.18. The Morgan fingerprint density at radius 1 is 1.17 bits per heavy atom. The number of carbonyl (C=O) groups excluding carboxylic acids is 1. The molecule has 2 N–H and O–H groups in total. The fourth-order valence-electron chi connectivity index (χ4n) is 5.07. The van der Waals surface area contributed by atoms with E-state index in [0.717, 1.165) is 30.2 Å². The van der Waals surface area contributed by atoms with E-state index < -0.39 is 0 Å². The lowest BCUT2D eigenvalue weighted by Crippen LogP contribution is -2.51. The fourth-order valence-corrected chi connectivity index (χ4v) is 5.07. The standard InChI is InChI=1S/C25H29N3O2/c1-2-28(25(29)24-13-18-8-4-6-10-22(18)27-24)20-14-19(15-30-16-20)26-23-12-11-17-7-3-5-9-21(17)23/h3-10,13,19-20,23,26-27H,2,11-12,14-16H2,1H3/t19-,20?,23+/m1/s1. The minimum Gasteiger partial charge on any atom is -0.378 e. The van der Waals surface area contributed by atoms with Crippen molar-refractivity contribution < 1.29 is 9.53 Å². The van der Waals surface area contributed by atoms with Crippen molar-refractivity contribution in [2.24, 2.45) is 0 Å². The summed E-state index contributed by atoms with van der Waals surface area (Å²) in [5.74, 6) is 0.0502. The number of rotatable bonds is 5. The lowest BCUT2D eigenvalue weighted by Gasteiger charge is -2.38. The van der Waals surface area contributed by atoms with Gasteiger partial charge >= 0.3 is 0 Å². The molecule has 1 fully saturated rings. The first-order chi connectivity index (χ1) is 14.7. The number of hydrogen-bond donors (Lipinski definition) is 2. The number of aryl methyl sites for hydroxylation is 1. The zero-order valence-electron chi connectivity index (χ0n) is 17.4. The number of ether oxygens (including phenoxy) is 1. The Kier molecular flexibility index (Phi) is 5.32. The van der Waals surface area contributed by atoms with Gasteiger partial charge in [-0.3, -0.25) is 4.79 Å². The van der Waals surface area contributed by atoms with Gasteiger partial charge in [-0.25, -0.2) is 0 Å². The SMILES string of the molecule is CCN(C(=O)c1cc2ccccc2[nH]1)C1COC[C@H](N[C@H]2CCc3ccccc32)C1. The van der Waals surface area contributed by atoms with Crippen molar-refractivity contribution in [2.75, 3.05) is 19.8 Å². The zero-order chi connectivity index (χ0) is 20.5. The van der Waals surface area contributed by atoms with E-state index in [9.17, 15) is 4.79 Å². The van der Waals surface area contributed by atoms with E-state index in [1.165, 1.54) is 11.1 Å². The molecule has 0 bridgehead atoms. The predicted octanol–water partition coefficient (Wildman–Crippen LogP) is 4.06. The van der Waals surface area contributed by atoms with Crippen LogP contribution in [0.1, 0.15) is 47.4 Å². The van der Waals surface area contributed by atoms with Gasteiger partial charge in [-0.1, -0.05) is 42.5 Å². The number of benzene rings is 2. The Morgan fingerprint density at radius 3 is 2.87 bits per heavy atom. The van der Waals surface area contributed by atoms with Crippen LogP contribution in [0, 0.1) is 0 Å². The quantitative estimate of drug-likeness (QED) is 0.675. The maximum Gasteiger partial charge on any atom is 0.270 e. The van der Waals surface area contributed by atoms with Crippen molar-refractivity contribution in [3.05, 3.63) is 71.4 Å². The van der Waals surface area contributed by atoms with E-state index in [0.29, 0.717) is 31.5 Å². The fraction of sp³-hybridized carbons (Fsp3) is 0.400. The lowest BCUT2D eigenvalue weighted by atomic mass is 10.0. The third kappa shape index (κ3) is 3.64. The summed E-state index contributed by atoms with van der Waals surface area (Å²) in [6.45, 7) is 4.01. The highest BCUT2D eigenvalue weighted by Gasteiger charge is 2.33. The van der Waals surface area contributed by atoms with Crippen molar-refractivity contribution in [1.29, 1.82) is 0 Å². The van der Waals surface area contributed by atoms with Gasteiger partial charge in [0.25, 0.3) is 5.91 Å². The number of amides is 1. The second-order valence-corrected chi connectivity index (χ2v) is 8.44. The molecule has 5 heteroatoms. The monoisotopic (exact) mass is 403 g/mol. The largest absolute Gasteiger partial charge is 0.378 e. The van der Waals surface area contributed by atoms with Crippen LogP contribution in [0.5, 0.6) is 0 Å². The topological polar surface area (TPSA) is 57.4 Å². The van der Waals surface area contributed by atoms with Gasteiger partial charge in [0.15, 0.2) is 0 Å². The molecule has 30 heavy (non-hydrogen) atoms. The molecular weight excluding hydrogens is 374 g/mol. The molecule has 1 unspecified atom stereocenters. The summed E-state index contributed by atoms with van der Waals surface area (Å²) >= 11 is 0. The van der Waals surface area contributed by atoms with E-state index >= 15 is 0 Å². The molecular formula is C25H29N3O2. The Hall–Kier alpha value is -2.63. The minimum atomic E-state index is 0.0502. The molecule has 2 aliphatic rings. The van der Waals surface area contributed by atoms with E-state index in [2.05, 4.69) is 34.6 Å². The van der Waals surface area contributed by atoms with Gasteiger partial charge in [-0.2, -0.15) is 0 Å². The van der Waals surface area contributed by atoms with E-state index in [-0.39, 0.29) is 18.0 Å². The van der Waals surface area contributed by atoms with Gasteiger partial charge in [0.1, 0.15) is 5.69 Å². The average molecular weight is 404 g/mol. The van der Waals surface area contributed by atoms with Gasteiger partial charge in [-0.15, -0.1) is 0 Å². The van der Waals surface area contributed by atoms with Gasteiger partial charge in [0.05, 0.1) is 19.3 Å². The van der Waals surface area contributed by atoms with Gasteiger partial charge < -0.3 is 19.9 Å². The summed E-state index contributed by atoms with van der Waals surface area (Å²) in [7, 11) is 0. The van der Waals surface area contributed by atoms with Crippen LogP contribution < -0.4 is 5.32 Å². The van der Waals surface area contributed by atoms with Crippen LogP contribution >= 0.6 is 0 Å². The summed E-state index contributed by atoms with van der Waals surface area (Å²) in [6, 6.07) is 19.4. The van der Waals surface area contributed by atoms with Crippen molar-refractivity contribution >= 4 is 16.8 Å². The number of aromatic nitrogens is 1. The lowest BCUT2D eigenvalue weighted by molar-refractivity contribution is 0.000932. The molecule has 5 rings (SSSR count). The summed E-state index contributed by atoms with van der Waals surface area (Å²) < 4.78 is 5.95. The van der Waals surface area contributed by atoms with Crippen LogP contribution in [0.3, 0.4) is 0 Å². The molecule has 0 spiro atoms. The van der Waals surface area contributed by atoms with E-state index in [1.54, 1.807) is 0 Å². The molecule has 1 aliphatic carbocycles. The third-order valence-electron chi connectivity index (χ3n) is 6.56. The zero-order valence-corrected chi connectivity index (χ0v) is 17.4. The highest BCUT2D eigenvalue weighted by atomic mass is 16.5. The van der Waals surface area contributed by atoms with Gasteiger partial charge in [-0.05, 0) is 49.4 Å². The number of hydrogen-bond acceptors (Lipinski definition) is 3. The number of aromatic amines is 1. The van der Waals surface area contributed by atoms with Crippen molar-refractivity contribution in [3.8, 4) is 0 Å². The molecule has 5 nitrogen and oxygen atoms in total. The number of H-pyrrole nitrogens is 1. The number of carbonyl (C=O) groups is 1. The normalized spacial score (nSPS) is 23.4. The first-order valence-corrected chi connectivity index (χ1v) is 11.0. The van der Waals surface area contributed by atoms with Crippen molar-refractivity contribution in [1.82, 2.24) is 15.2 Å². The highest BCUT2D eigenvalue weighted by Crippen LogP contribution is 2.32. The van der Waals surface area contributed by atoms with Crippen LogP contribution in [0.25, 0.3) is 10.9 Å². The minimum absolute atomic E-state index is 0.0502. The summed E-state index contributed by atoms with van der Waals surface area (Å²) in [5, 5.41) is 4.88. The van der Waals surface area contributed by atoms with Gasteiger partial charge in [0, 0.05) is 29.5 Å². The molecule has 3 aromatic rings. The number of nitrogens with zero attached hydrogens (tertiary/aromatic N) is 1. The number of para-hydroxylation sites is 1. The van der Waals surface area contributed by atoms with Crippen molar-refractivity contribution in [3.63, 3.8) is 0 Å². The molecule has 1 aliphatic heterocycles. The van der Waals surface area contributed by atoms with Crippen LogP contribution in [-0.4, -0.2) is 47.6 Å². The molecule has 1 saturated heterocycles. The Balaban J connectivity index is 1.29. The predicted molar refractivity (Wildman–Crippen MR) is 119 cm³/mol. The summed E-state index contributed by atoms with van der Waals surface area (Å²) in [5.41, 5.74) is 4.52. The van der Waals surface area contributed by atoms with Crippen LogP contribution in [0.15, 0.2) is 54.6 Å². The molecule has 3 atom stereocenters. The molecule has 0 saturated carbocycles. The van der Waals surface area contributed by atoms with Crippen molar-refractivity contribution in [2.45, 2.75) is 44.3 Å². The van der Waals surface area contributed by atoms with Crippen LogP contribution in [0.4, 0.5) is 0 Å². The molecule has 156 valence electrons. The second kappa shape index (κ2) is 8.25. The maximum atomic E-state index is 13.3. The first-order valence-electron chi connectivity index (χ1n) is 11.0. The van der Waals surface area contributed by atoms with Gasteiger partial charge in [0.2, 0.25) is 0 Å². The third-order valence-corrected chi connectivity index (χ3v) is 6.56. The first kappa shape index (κ1) is 19.3. The van der Waals surface area contributed by atoms with Crippen LogP contribution in [-0.2, 0) is 11.2 Å². The average Bonchev–Trinajstić information content (AvgIpc) is 3.39. The number of fused-ring (bicyclic) bond motifs is 2. The number of likely N-dealkylation sites (N-methyl/N-ethyl adjacent to an activating group) is 1. The molecule has 2 heterocycles. The van der Waals surface area contributed by atoms with E-state index in [1.807, 2.05) is 42.2 Å². The molecule has 2 aromatic carbocycles. The Labute approximate surface area is 177 Å². The number of nitrogens with one attached hydrogen (secondary N) is 2. The second-order valence-electron chi connectivity index (χ2n) is 8.44. The maximum absolute atomic E-state index is 13.3. The van der Waals surface area contributed by atoms with E-state index in [4.69, 9.17) is 4.74 Å². The Bertz CT molecular complexity index is 1010. The van der Waals surface area contributed by atoms with Crippen LogP contribution in [0.2, 0.25) is 0 Å².